The first-order valence-corrected chi connectivity index (χ1v) is 6.32. The molecule has 0 saturated heterocycles. The molecule has 0 aromatic heterocycles. The van der Waals surface area contributed by atoms with Crippen LogP contribution in [0.4, 0.5) is 26.3 Å². The van der Waals surface area contributed by atoms with Crippen LogP contribution >= 0.6 is 0 Å². The summed E-state index contributed by atoms with van der Waals surface area (Å²) >= 11 is 0. The Hall–Kier alpha value is -2.43. The third-order valence-electron chi connectivity index (χ3n) is 3.05. The fourth-order valence-corrected chi connectivity index (χ4v) is 1.94. The third kappa shape index (κ3) is 3.40. The van der Waals surface area contributed by atoms with Crippen molar-refractivity contribution in [1.29, 1.82) is 0 Å². The van der Waals surface area contributed by atoms with Crippen molar-refractivity contribution >= 4 is 5.91 Å². The molecule has 2 rings (SSSR count). The maximum atomic E-state index is 13.0. The lowest BCUT2D eigenvalue weighted by molar-refractivity contribution is -0.146. The summed E-state index contributed by atoms with van der Waals surface area (Å²) in [6.45, 7) is -3.10. The number of nitrogens with zero attached hydrogens (tertiary/aromatic N) is 1. The number of hydrazine groups is 1. The fourth-order valence-electron chi connectivity index (χ4n) is 1.94. The topological polar surface area (TPSA) is 61.8 Å². The van der Waals surface area contributed by atoms with Gasteiger partial charge in [-0.3, -0.25) is 10.2 Å². The number of carbonyl (C=O) groups is 1. The lowest BCUT2D eigenvalue weighted by atomic mass is 10.1. The second kappa shape index (κ2) is 6.59. The Kier molecular flexibility index (Phi) is 4.92. The van der Waals surface area contributed by atoms with Crippen LogP contribution in [0.1, 0.15) is 10.4 Å². The van der Waals surface area contributed by atoms with Crippen LogP contribution < -0.4 is 10.2 Å². The van der Waals surface area contributed by atoms with Crippen LogP contribution in [0.2, 0.25) is 0 Å². The van der Waals surface area contributed by atoms with Gasteiger partial charge < -0.3 is 9.84 Å². The normalized spacial score (nSPS) is 20.6. The van der Waals surface area contributed by atoms with Gasteiger partial charge in [0.1, 0.15) is 5.75 Å². The lowest BCUT2D eigenvalue weighted by Gasteiger charge is -2.31. The molecule has 0 radical (unpaired) electrons. The molecule has 1 aromatic rings. The Morgan fingerprint density at radius 3 is 2.17 bits per heavy atom. The molecule has 0 spiro atoms. The number of hydrogen-bond acceptors (Lipinski definition) is 4. The number of amides is 1. The van der Waals surface area contributed by atoms with Gasteiger partial charge in [0.15, 0.2) is 0 Å². The van der Waals surface area contributed by atoms with E-state index in [0.29, 0.717) is 0 Å². The summed E-state index contributed by atoms with van der Waals surface area (Å²) in [6.07, 6.45) is -6.66. The molecule has 132 valence electrons. The molecule has 0 fully saturated rings. The summed E-state index contributed by atoms with van der Waals surface area (Å²) < 4.78 is 79.4. The molecular weight excluding hydrogens is 346 g/mol. The van der Waals surface area contributed by atoms with Crippen molar-refractivity contribution in [3.8, 4) is 5.75 Å². The van der Waals surface area contributed by atoms with Crippen molar-refractivity contribution in [3.05, 3.63) is 41.6 Å². The molecule has 0 aliphatic carbocycles. The van der Waals surface area contributed by atoms with Gasteiger partial charge in [-0.05, 0) is 24.3 Å². The SMILES string of the molecule is O=C(c1ccc(OC(F)F)cc1)N1NC(C(F)F)=CC1(O)C(F)F. The smallest absolute Gasteiger partial charge is 0.387 e. The Balaban J connectivity index is 2.25. The number of halogens is 6. The number of rotatable bonds is 5. The second-order valence-electron chi connectivity index (χ2n) is 4.64. The molecule has 1 aromatic carbocycles. The molecule has 2 N–H and O–H groups in total. The molecule has 1 heterocycles. The molecule has 11 heteroatoms. The Labute approximate surface area is 131 Å². The second-order valence-corrected chi connectivity index (χ2v) is 4.64. The number of hydrogen-bond donors (Lipinski definition) is 2. The van der Waals surface area contributed by atoms with Gasteiger partial charge in [-0.15, -0.1) is 0 Å². The number of aliphatic hydroxyl groups is 1. The summed E-state index contributed by atoms with van der Waals surface area (Å²) in [4.78, 5) is 12.2. The van der Waals surface area contributed by atoms with Gasteiger partial charge in [-0.1, -0.05) is 0 Å². The van der Waals surface area contributed by atoms with Gasteiger partial charge in [0.2, 0.25) is 5.72 Å². The predicted octanol–water partition coefficient (Wildman–Crippen LogP) is 2.35. The van der Waals surface area contributed by atoms with Crippen LogP contribution in [0.25, 0.3) is 0 Å². The minimum atomic E-state index is -3.58. The monoisotopic (exact) mass is 356 g/mol. The highest BCUT2D eigenvalue weighted by atomic mass is 19.3. The van der Waals surface area contributed by atoms with Gasteiger partial charge in [0.25, 0.3) is 18.8 Å². The van der Waals surface area contributed by atoms with Gasteiger partial charge in [0, 0.05) is 11.6 Å². The summed E-state index contributed by atoms with van der Waals surface area (Å²) in [5.74, 6) is -1.57. The van der Waals surface area contributed by atoms with E-state index in [-0.39, 0.29) is 22.4 Å². The zero-order valence-electron chi connectivity index (χ0n) is 11.6. The van der Waals surface area contributed by atoms with Gasteiger partial charge in [0.05, 0.1) is 5.70 Å². The summed E-state index contributed by atoms with van der Waals surface area (Å²) in [6, 6.07) is 3.82. The lowest BCUT2D eigenvalue weighted by Crippen LogP contribution is -2.56. The molecule has 1 amide bonds. The van der Waals surface area contributed by atoms with E-state index in [1.54, 1.807) is 5.43 Å². The predicted molar refractivity (Wildman–Crippen MR) is 67.4 cm³/mol. The minimum Gasteiger partial charge on any atom is -0.435 e. The van der Waals surface area contributed by atoms with Crippen molar-refractivity contribution in [3.63, 3.8) is 0 Å². The summed E-state index contributed by atoms with van der Waals surface area (Å²) in [5, 5.41) is 9.76. The molecule has 5 nitrogen and oxygen atoms in total. The zero-order chi connectivity index (χ0) is 18.1. The highest BCUT2D eigenvalue weighted by Crippen LogP contribution is 2.31. The molecule has 1 unspecified atom stereocenters. The average Bonchev–Trinajstić information content (AvgIpc) is 2.86. The third-order valence-corrected chi connectivity index (χ3v) is 3.05. The largest absolute Gasteiger partial charge is 0.435 e. The van der Waals surface area contributed by atoms with Crippen molar-refractivity contribution in [2.24, 2.45) is 0 Å². The molecular formula is C13H10F6N2O3. The maximum Gasteiger partial charge on any atom is 0.387 e. The van der Waals surface area contributed by atoms with Crippen LogP contribution in [0.5, 0.6) is 5.75 Å². The van der Waals surface area contributed by atoms with Crippen molar-refractivity contribution in [2.75, 3.05) is 0 Å². The van der Waals surface area contributed by atoms with Gasteiger partial charge in [-0.2, -0.15) is 8.78 Å². The van der Waals surface area contributed by atoms with Crippen LogP contribution in [0, 0.1) is 0 Å². The van der Waals surface area contributed by atoms with E-state index < -0.39 is 36.8 Å². The highest BCUT2D eigenvalue weighted by molar-refractivity contribution is 5.95. The first-order valence-electron chi connectivity index (χ1n) is 6.32. The Morgan fingerprint density at radius 1 is 1.12 bits per heavy atom. The molecule has 24 heavy (non-hydrogen) atoms. The molecule has 1 aliphatic rings. The van der Waals surface area contributed by atoms with E-state index in [4.69, 9.17) is 0 Å². The number of nitrogens with one attached hydrogen (secondary N) is 1. The fraction of sp³-hybridized carbons (Fsp3) is 0.308. The quantitative estimate of drug-likeness (QED) is 0.796. The Bertz CT molecular complexity index is 637. The van der Waals surface area contributed by atoms with Crippen LogP contribution in [0.3, 0.4) is 0 Å². The van der Waals surface area contributed by atoms with Crippen LogP contribution in [-0.2, 0) is 0 Å². The van der Waals surface area contributed by atoms with Crippen molar-refractivity contribution in [1.82, 2.24) is 10.4 Å². The highest BCUT2D eigenvalue weighted by Gasteiger charge is 2.51. The average molecular weight is 356 g/mol. The molecule has 0 saturated carbocycles. The van der Waals surface area contributed by atoms with Crippen LogP contribution in [-0.4, -0.2) is 41.2 Å². The number of carbonyl (C=O) groups excluding carboxylic acids is 1. The van der Waals surface area contributed by atoms with Crippen molar-refractivity contribution < 1.29 is 41.0 Å². The van der Waals surface area contributed by atoms with E-state index in [1.165, 1.54) is 0 Å². The molecule has 1 atom stereocenters. The minimum absolute atomic E-state index is 0.0534. The number of benzene rings is 1. The molecule has 1 aliphatic heterocycles. The number of ether oxygens (including phenoxy) is 1. The van der Waals surface area contributed by atoms with Gasteiger partial charge in [-0.25, -0.2) is 22.6 Å². The van der Waals surface area contributed by atoms with Crippen molar-refractivity contribution in [2.45, 2.75) is 25.2 Å². The van der Waals surface area contributed by atoms with E-state index in [2.05, 4.69) is 4.74 Å². The zero-order valence-corrected chi connectivity index (χ0v) is 11.6. The summed E-state index contributed by atoms with van der Waals surface area (Å²) in [5.41, 5.74) is -2.95. The molecule has 0 bridgehead atoms. The van der Waals surface area contributed by atoms with Crippen LogP contribution in [0.15, 0.2) is 36.0 Å². The standard InChI is InChI=1S/C13H10F6N2O3/c14-9(15)8-5-13(23,11(16)17)21(20-8)10(22)6-1-3-7(4-2-6)24-12(18)19/h1-5,9,11-12,20,23H. The van der Waals surface area contributed by atoms with Gasteiger partial charge >= 0.3 is 6.61 Å². The van der Waals surface area contributed by atoms with E-state index >= 15 is 0 Å². The first-order chi connectivity index (χ1) is 11.1. The summed E-state index contributed by atoms with van der Waals surface area (Å²) in [7, 11) is 0. The van der Waals surface area contributed by atoms with E-state index in [9.17, 15) is 36.2 Å². The number of allylic oxidation sites excluding steroid dienone is 1. The Morgan fingerprint density at radius 2 is 1.71 bits per heavy atom. The van der Waals surface area contributed by atoms with E-state index in [1.807, 2.05) is 0 Å². The maximum absolute atomic E-state index is 13.0. The van der Waals surface area contributed by atoms with E-state index in [0.717, 1.165) is 24.3 Å². The number of alkyl halides is 6. The first kappa shape index (κ1) is 17.9.